The van der Waals surface area contributed by atoms with Crippen LogP contribution in [0.15, 0.2) is 52.2 Å². The molecule has 1 aliphatic heterocycles. The second-order valence-corrected chi connectivity index (χ2v) is 7.10. The number of pyridine rings is 1. The predicted octanol–water partition coefficient (Wildman–Crippen LogP) is 3.31. The van der Waals surface area contributed by atoms with Crippen molar-refractivity contribution in [2.75, 3.05) is 31.1 Å². The van der Waals surface area contributed by atoms with Crippen molar-refractivity contribution in [1.29, 1.82) is 0 Å². The number of anilines is 1. The number of nitrogens with one attached hydrogen (secondary N) is 2. The van der Waals surface area contributed by atoms with Crippen LogP contribution < -0.4 is 15.5 Å². The van der Waals surface area contributed by atoms with E-state index in [0.717, 1.165) is 56.6 Å². The molecule has 2 aromatic rings. The van der Waals surface area contributed by atoms with E-state index in [0.29, 0.717) is 12.0 Å². The molecule has 148 valence electrons. The first-order chi connectivity index (χ1) is 12.7. The van der Waals surface area contributed by atoms with Crippen LogP contribution in [-0.2, 0) is 6.42 Å². The van der Waals surface area contributed by atoms with E-state index in [1.807, 2.05) is 30.5 Å². The van der Waals surface area contributed by atoms with E-state index in [4.69, 9.17) is 9.41 Å². The highest BCUT2D eigenvalue weighted by atomic mass is 127. The highest BCUT2D eigenvalue weighted by Crippen LogP contribution is 2.17. The molecule has 6 nitrogen and oxygen atoms in total. The molecule has 1 fully saturated rings. The lowest BCUT2D eigenvalue weighted by Gasteiger charge is -2.20. The lowest BCUT2D eigenvalue weighted by molar-refractivity contribution is 0.506. The fourth-order valence-corrected chi connectivity index (χ4v) is 3.01. The molecule has 1 unspecified atom stereocenters. The number of aromatic nitrogens is 1. The Hall–Kier alpha value is -1.77. The summed E-state index contributed by atoms with van der Waals surface area (Å²) >= 11 is 0. The van der Waals surface area contributed by atoms with E-state index in [2.05, 4.69) is 40.4 Å². The molecule has 0 aliphatic carbocycles. The van der Waals surface area contributed by atoms with Gasteiger partial charge in [-0.25, -0.2) is 4.98 Å². The van der Waals surface area contributed by atoms with E-state index in [1.165, 1.54) is 0 Å². The first-order valence-corrected chi connectivity index (χ1v) is 9.44. The van der Waals surface area contributed by atoms with Crippen molar-refractivity contribution in [3.8, 4) is 0 Å². The molecule has 0 saturated carbocycles. The SMILES string of the molecule is CC(C)CN=C(NCCc1ccco1)NC1CCN(c2ccccn2)C1.I. The molecular weight excluding hydrogens is 453 g/mol. The van der Waals surface area contributed by atoms with E-state index < -0.39 is 0 Å². The minimum atomic E-state index is 0. The van der Waals surface area contributed by atoms with Crippen molar-refractivity contribution in [3.05, 3.63) is 48.6 Å². The summed E-state index contributed by atoms with van der Waals surface area (Å²) in [6, 6.07) is 10.4. The van der Waals surface area contributed by atoms with Gasteiger partial charge in [-0.15, -0.1) is 24.0 Å². The zero-order valence-corrected chi connectivity index (χ0v) is 18.4. The maximum absolute atomic E-state index is 5.40. The van der Waals surface area contributed by atoms with Crippen molar-refractivity contribution in [3.63, 3.8) is 0 Å². The number of rotatable bonds is 7. The average Bonchev–Trinajstić information content (AvgIpc) is 3.32. The molecule has 3 rings (SSSR count). The molecule has 7 heteroatoms. The monoisotopic (exact) mass is 483 g/mol. The van der Waals surface area contributed by atoms with Crippen molar-refractivity contribution >= 4 is 35.8 Å². The number of hydrogen-bond donors (Lipinski definition) is 2. The van der Waals surface area contributed by atoms with Gasteiger partial charge in [0.1, 0.15) is 11.6 Å². The Bertz CT molecular complexity index is 675. The highest BCUT2D eigenvalue weighted by molar-refractivity contribution is 14.0. The summed E-state index contributed by atoms with van der Waals surface area (Å²) < 4.78 is 5.40. The van der Waals surface area contributed by atoms with Crippen molar-refractivity contribution in [2.45, 2.75) is 32.7 Å². The van der Waals surface area contributed by atoms with Gasteiger partial charge >= 0.3 is 0 Å². The van der Waals surface area contributed by atoms with Crippen LogP contribution in [0.2, 0.25) is 0 Å². The van der Waals surface area contributed by atoms with Crippen molar-refractivity contribution in [2.24, 2.45) is 10.9 Å². The number of guanidine groups is 1. The normalized spacial score (nSPS) is 17.1. The van der Waals surface area contributed by atoms with Gasteiger partial charge in [0, 0.05) is 44.8 Å². The summed E-state index contributed by atoms with van der Waals surface area (Å²) in [5.41, 5.74) is 0. The van der Waals surface area contributed by atoms with Gasteiger partial charge in [-0.1, -0.05) is 19.9 Å². The van der Waals surface area contributed by atoms with Gasteiger partial charge in [0.2, 0.25) is 0 Å². The van der Waals surface area contributed by atoms with E-state index in [1.54, 1.807) is 6.26 Å². The van der Waals surface area contributed by atoms with Gasteiger partial charge in [-0.05, 0) is 36.6 Å². The van der Waals surface area contributed by atoms with Gasteiger partial charge in [-0.3, -0.25) is 4.99 Å². The van der Waals surface area contributed by atoms with Crippen LogP contribution in [0.5, 0.6) is 0 Å². The zero-order valence-electron chi connectivity index (χ0n) is 16.1. The summed E-state index contributed by atoms with van der Waals surface area (Å²) in [5.74, 6) is 3.46. The fourth-order valence-electron chi connectivity index (χ4n) is 3.01. The van der Waals surface area contributed by atoms with Crippen LogP contribution in [0.3, 0.4) is 0 Å². The second-order valence-electron chi connectivity index (χ2n) is 7.10. The summed E-state index contributed by atoms with van der Waals surface area (Å²) in [6.07, 6.45) is 5.49. The first-order valence-electron chi connectivity index (χ1n) is 9.44. The second kappa shape index (κ2) is 11.2. The summed E-state index contributed by atoms with van der Waals surface area (Å²) in [6.45, 7) is 7.93. The van der Waals surface area contributed by atoms with E-state index >= 15 is 0 Å². The fraction of sp³-hybridized carbons (Fsp3) is 0.500. The van der Waals surface area contributed by atoms with Crippen LogP contribution in [0.25, 0.3) is 0 Å². The highest BCUT2D eigenvalue weighted by Gasteiger charge is 2.24. The van der Waals surface area contributed by atoms with E-state index in [-0.39, 0.29) is 24.0 Å². The molecule has 2 aromatic heterocycles. The third kappa shape index (κ3) is 7.04. The van der Waals surface area contributed by atoms with Gasteiger partial charge in [-0.2, -0.15) is 0 Å². The first kappa shape index (κ1) is 21.5. The molecule has 3 heterocycles. The van der Waals surface area contributed by atoms with Crippen molar-refractivity contribution < 1.29 is 4.42 Å². The van der Waals surface area contributed by atoms with Crippen LogP contribution >= 0.6 is 24.0 Å². The molecule has 0 bridgehead atoms. The number of hydrogen-bond acceptors (Lipinski definition) is 4. The minimum Gasteiger partial charge on any atom is -0.469 e. The summed E-state index contributed by atoms with van der Waals surface area (Å²) in [5, 5.41) is 7.03. The van der Waals surface area contributed by atoms with E-state index in [9.17, 15) is 0 Å². The predicted molar refractivity (Wildman–Crippen MR) is 121 cm³/mol. The van der Waals surface area contributed by atoms with Gasteiger partial charge in [0.05, 0.1) is 6.26 Å². The van der Waals surface area contributed by atoms with Crippen LogP contribution in [-0.4, -0.2) is 43.2 Å². The zero-order chi connectivity index (χ0) is 18.2. The third-order valence-corrected chi connectivity index (χ3v) is 4.36. The lowest BCUT2D eigenvalue weighted by atomic mass is 10.2. The lowest BCUT2D eigenvalue weighted by Crippen LogP contribution is -2.45. The Kier molecular flexibility index (Phi) is 8.90. The molecule has 1 aliphatic rings. The smallest absolute Gasteiger partial charge is 0.191 e. The Morgan fingerprint density at radius 3 is 2.93 bits per heavy atom. The largest absolute Gasteiger partial charge is 0.469 e. The average molecular weight is 483 g/mol. The number of nitrogens with zero attached hydrogens (tertiary/aromatic N) is 3. The molecule has 1 atom stereocenters. The molecule has 0 radical (unpaired) electrons. The Balaban J connectivity index is 0.00000261. The standard InChI is InChI=1S/C20H29N5O.HI/c1-16(2)14-23-20(22-11-8-18-6-5-13-26-18)24-17-9-12-25(15-17)19-7-3-4-10-21-19;/h3-7,10,13,16-17H,8-9,11-12,14-15H2,1-2H3,(H2,22,23,24);1H. The summed E-state index contributed by atoms with van der Waals surface area (Å²) in [4.78, 5) is 11.5. The molecule has 27 heavy (non-hydrogen) atoms. The molecule has 1 saturated heterocycles. The van der Waals surface area contributed by atoms with Gasteiger partial charge < -0.3 is 20.0 Å². The Morgan fingerprint density at radius 2 is 2.22 bits per heavy atom. The maximum Gasteiger partial charge on any atom is 0.191 e. The van der Waals surface area contributed by atoms with Crippen LogP contribution in [0, 0.1) is 5.92 Å². The number of aliphatic imine (C=N–C) groups is 1. The topological polar surface area (TPSA) is 65.7 Å². The Labute approximate surface area is 178 Å². The van der Waals surface area contributed by atoms with Crippen LogP contribution in [0.1, 0.15) is 26.0 Å². The molecular formula is C20H30IN5O. The molecule has 0 aromatic carbocycles. The maximum atomic E-state index is 5.40. The van der Waals surface area contributed by atoms with Gasteiger partial charge in [0.15, 0.2) is 5.96 Å². The number of furan rings is 1. The van der Waals surface area contributed by atoms with Gasteiger partial charge in [0.25, 0.3) is 0 Å². The molecule has 0 spiro atoms. The Morgan fingerprint density at radius 1 is 1.33 bits per heavy atom. The summed E-state index contributed by atoms with van der Waals surface area (Å²) in [7, 11) is 0. The molecule has 2 N–H and O–H groups in total. The van der Waals surface area contributed by atoms with Crippen molar-refractivity contribution in [1.82, 2.24) is 15.6 Å². The quantitative estimate of drug-likeness (QED) is 0.360. The minimum absolute atomic E-state index is 0. The van der Waals surface area contributed by atoms with Crippen LogP contribution in [0.4, 0.5) is 5.82 Å². The third-order valence-electron chi connectivity index (χ3n) is 4.36. The number of halogens is 1. The molecule has 0 amide bonds.